The lowest BCUT2D eigenvalue weighted by Crippen LogP contribution is -2.39. The van der Waals surface area contributed by atoms with Crippen LogP contribution in [0.5, 0.6) is 0 Å². The number of aromatic amines is 2. The van der Waals surface area contributed by atoms with E-state index >= 15 is 0 Å². The van der Waals surface area contributed by atoms with Gasteiger partial charge < -0.3 is 9.47 Å². The van der Waals surface area contributed by atoms with Gasteiger partial charge in [0.1, 0.15) is 11.5 Å². The second-order valence-corrected chi connectivity index (χ2v) is 10.6. The van der Waals surface area contributed by atoms with Crippen LogP contribution in [0, 0.1) is 0 Å². The number of hydrogen-bond donors (Lipinski definition) is 2. The summed E-state index contributed by atoms with van der Waals surface area (Å²) in [5, 5.41) is 10.0. The topological polar surface area (TPSA) is 121 Å². The molecule has 0 atom stereocenters. The molecule has 2 aliphatic heterocycles. The number of H-pyrrole nitrogens is 2. The van der Waals surface area contributed by atoms with Gasteiger partial charge in [0, 0.05) is 41.4 Å². The fraction of sp³-hybridized carbons (Fsp3) is 0.276. The van der Waals surface area contributed by atoms with Crippen molar-refractivity contribution in [3.8, 4) is 22.8 Å². The lowest BCUT2D eigenvalue weighted by Gasteiger charge is -2.28. The molecule has 2 aliphatic rings. The smallest absolute Gasteiger partial charge is 0.307 e. The van der Waals surface area contributed by atoms with Crippen LogP contribution < -0.4 is 10.6 Å². The van der Waals surface area contributed by atoms with Gasteiger partial charge >= 0.3 is 11.9 Å². The van der Waals surface area contributed by atoms with Gasteiger partial charge in [-0.05, 0) is 68.8 Å². The van der Waals surface area contributed by atoms with Crippen molar-refractivity contribution in [2.24, 2.45) is 0 Å². The van der Waals surface area contributed by atoms with Crippen LogP contribution in [0.2, 0.25) is 0 Å². The Kier molecular flexibility index (Phi) is 6.49. The molecule has 220 valence electrons. The average molecular weight is 590 g/mol. The monoisotopic (exact) mass is 589 g/mol. The second-order valence-electron chi connectivity index (χ2n) is 10.6. The first-order chi connectivity index (χ1) is 20.8. The van der Waals surface area contributed by atoms with Gasteiger partial charge in [-0.25, -0.2) is 19.6 Å². The molecule has 2 N–H and O–H groups in total. The number of amides is 1. The average Bonchev–Trinajstić information content (AvgIpc) is 3.81. The third-order valence-electron chi connectivity index (χ3n) is 7.87. The summed E-state index contributed by atoms with van der Waals surface area (Å²) in [6, 6.07) is 13.6. The Morgan fingerprint density at radius 3 is 2.42 bits per heavy atom. The van der Waals surface area contributed by atoms with Gasteiger partial charge in [0.05, 0.1) is 12.2 Å². The zero-order chi connectivity index (χ0) is 29.7. The maximum atomic E-state index is 14.1. The number of benzene rings is 2. The van der Waals surface area contributed by atoms with Crippen molar-refractivity contribution in [2.45, 2.75) is 32.0 Å². The van der Waals surface area contributed by atoms with E-state index in [1.54, 1.807) is 36.5 Å². The van der Waals surface area contributed by atoms with E-state index in [0.717, 1.165) is 35.8 Å². The SMILES string of the molecule is O=C1c2c(c(C(F)(F)F)nn2-c2cccc(-c3n[nH]c(=O)[nH]3)c2)CCN1c1ccc(-n2ccnc2CN2CCCC2)cc1. The number of nitrogens with zero attached hydrogens (tertiary/aromatic N) is 7. The lowest BCUT2D eigenvalue weighted by molar-refractivity contribution is -0.141. The normalized spacial score (nSPS) is 15.8. The molecule has 1 saturated heterocycles. The van der Waals surface area contributed by atoms with Crippen LogP contribution >= 0.6 is 0 Å². The standard InChI is InChI=1S/C29H26F3N9O2/c30-29(31,32)25-22-10-14-40(20-8-6-19(7-9-20)39-15-11-33-23(39)17-38-12-1-2-13-38)27(42)24(22)41(37-25)21-5-3-4-18(16-21)26-34-28(43)36-35-26/h3-9,11,15-16H,1-2,10,12-14,17H2,(H2,34,35,36,43). The molecular formula is C29H26F3N9O2. The highest BCUT2D eigenvalue weighted by Crippen LogP contribution is 2.37. The zero-order valence-corrected chi connectivity index (χ0v) is 22.8. The number of hydrogen-bond acceptors (Lipinski definition) is 6. The third-order valence-corrected chi connectivity index (χ3v) is 7.87. The maximum Gasteiger partial charge on any atom is 0.435 e. The number of nitrogens with one attached hydrogen (secondary N) is 2. The van der Waals surface area contributed by atoms with E-state index in [1.807, 2.05) is 22.9 Å². The molecule has 11 nitrogen and oxygen atoms in total. The molecule has 0 aliphatic carbocycles. The minimum atomic E-state index is -4.75. The number of alkyl halides is 3. The zero-order valence-electron chi connectivity index (χ0n) is 22.8. The minimum absolute atomic E-state index is 0.0223. The summed E-state index contributed by atoms with van der Waals surface area (Å²) in [6.45, 7) is 2.90. The molecule has 43 heavy (non-hydrogen) atoms. The quantitative estimate of drug-likeness (QED) is 0.310. The third kappa shape index (κ3) is 4.92. The van der Waals surface area contributed by atoms with Crippen LogP contribution in [0.4, 0.5) is 18.9 Å². The number of fused-ring (bicyclic) bond motifs is 1. The Morgan fingerprint density at radius 2 is 1.70 bits per heavy atom. The first kappa shape index (κ1) is 26.9. The summed E-state index contributed by atoms with van der Waals surface area (Å²) in [6.07, 6.45) is 1.24. The predicted octanol–water partition coefficient (Wildman–Crippen LogP) is 3.95. The maximum absolute atomic E-state index is 14.1. The van der Waals surface area contributed by atoms with Crippen LogP contribution in [0.25, 0.3) is 22.8 Å². The summed E-state index contributed by atoms with van der Waals surface area (Å²) in [5.41, 5.74) is 0.186. The van der Waals surface area contributed by atoms with E-state index in [0.29, 0.717) is 11.3 Å². The molecule has 1 fully saturated rings. The molecule has 14 heteroatoms. The fourth-order valence-corrected chi connectivity index (χ4v) is 5.83. The highest BCUT2D eigenvalue weighted by Gasteiger charge is 2.43. The molecule has 0 radical (unpaired) electrons. The van der Waals surface area contributed by atoms with Gasteiger partial charge in [-0.15, -0.1) is 0 Å². The molecular weight excluding hydrogens is 563 g/mol. The van der Waals surface area contributed by atoms with Crippen LogP contribution in [0.1, 0.15) is 40.4 Å². The molecule has 0 bridgehead atoms. The molecule has 5 aromatic rings. The first-order valence-electron chi connectivity index (χ1n) is 13.9. The molecule has 3 aromatic heterocycles. The summed E-state index contributed by atoms with van der Waals surface area (Å²) < 4.78 is 45.3. The number of carbonyl (C=O) groups is 1. The van der Waals surface area contributed by atoms with Gasteiger partial charge in [-0.3, -0.25) is 14.7 Å². The number of anilines is 1. The molecule has 5 heterocycles. The first-order valence-corrected chi connectivity index (χ1v) is 13.9. The van der Waals surface area contributed by atoms with Crippen LogP contribution in [0.15, 0.2) is 65.7 Å². The van der Waals surface area contributed by atoms with E-state index in [4.69, 9.17) is 0 Å². The summed E-state index contributed by atoms with van der Waals surface area (Å²) in [4.78, 5) is 36.3. The predicted molar refractivity (Wildman–Crippen MR) is 150 cm³/mol. The van der Waals surface area contributed by atoms with Crippen LogP contribution in [-0.4, -0.2) is 65.0 Å². The highest BCUT2D eigenvalue weighted by molar-refractivity contribution is 6.07. The molecule has 1 amide bonds. The Morgan fingerprint density at radius 1 is 0.930 bits per heavy atom. The van der Waals surface area contributed by atoms with E-state index in [2.05, 4.69) is 30.2 Å². The Labute approximate surface area is 242 Å². The number of imidazole rings is 1. The van der Waals surface area contributed by atoms with Gasteiger partial charge in [0.25, 0.3) is 5.91 Å². The highest BCUT2D eigenvalue weighted by atomic mass is 19.4. The van der Waals surface area contributed by atoms with Gasteiger partial charge in [0.2, 0.25) is 0 Å². The van der Waals surface area contributed by atoms with Crippen molar-refractivity contribution in [1.29, 1.82) is 0 Å². The second kappa shape index (κ2) is 10.4. The van der Waals surface area contributed by atoms with Crippen molar-refractivity contribution in [3.63, 3.8) is 0 Å². The largest absolute Gasteiger partial charge is 0.435 e. The molecule has 0 spiro atoms. The number of likely N-dealkylation sites (tertiary alicyclic amines) is 1. The molecule has 7 rings (SSSR count). The van der Waals surface area contributed by atoms with E-state index in [9.17, 15) is 22.8 Å². The van der Waals surface area contributed by atoms with E-state index < -0.39 is 23.5 Å². The minimum Gasteiger partial charge on any atom is -0.307 e. The van der Waals surface area contributed by atoms with Gasteiger partial charge in [-0.2, -0.15) is 23.4 Å². The number of aromatic nitrogens is 7. The number of rotatable bonds is 6. The summed E-state index contributed by atoms with van der Waals surface area (Å²) >= 11 is 0. The Balaban J connectivity index is 1.22. The molecule has 0 saturated carbocycles. The van der Waals surface area contributed by atoms with Crippen molar-refractivity contribution in [2.75, 3.05) is 24.5 Å². The summed E-state index contributed by atoms with van der Waals surface area (Å²) in [5.74, 6) is 0.532. The number of carbonyl (C=O) groups excluding carboxylic acids is 1. The van der Waals surface area contributed by atoms with Crippen molar-refractivity contribution < 1.29 is 18.0 Å². The van der Waals surface area contributed by atoms with Crippen LogP contribution in [0.3, 0.4) is 0 Å². The van der Waals surface area contributed by atoms with Crippen molar-refractivity contribution in [1.82, 2.24) is 39.4 Å². The Hall–Kier alpha value is -4.98. The lowest BCUT2D eigenvalue weighted by atomic mass is 10.0. The molecule has 2 aromatic carbocycles. The van der Waals surface area contributed by atoms with E-state index in [1.165, 1.54) is 23.8 Å². The summed E-state index contributed by atoms with van der Waals surface area (Å²) in [7, 11) is 0. The van der Waals surface area contributed by atoms with E-state index in [-0.39, 0.29) is 35.7 Å². The van der Waals surface area contributed by atoms with Crippen molar-refractivity contribution in [3.05, 3.63) is 94.2 Å². The number of halogens is 3. The Bertz CT molecular complexity index is 1860. The van der Waals surface area contributed by atoms with Crippen molar-refractivity contribution >= 4 is 11.6 Å². The van der Waals surface area contributed by atoms with Crippen LogP contribution in [-0.2, 0) is 19.1 Å². The van der Waals surface area contributed by atoms with Gasteiger partial charge in [0.15, 0.2) is 11.5 Å². The van der Waals surface area contributed by atoms with Gasteiger partial charge in [-0.1, -0.05) is 12.1 Å². The molecule has 0 unspecified atom stereocenters. The fourth-order valence-electron chi connectivity index (χ4n) is 5.83.